The van der Waals surface area contributed by atoms with Crippen molar-refractivity contribution in [3.05, 3.63) is 38.9 Å². The Bertz CT molecular complexity index is 467. The Labute approximate surface area is 116 Å². The van der Waals surface area contributed by atoms with E-state index in [0.717, 1.165) is 31.5 Å². The molecule has 1 aromatic carbocycles. The normalized spacial score (nSPS) is 19.8. The monoisotopic (exact) mass is 284 g/mol. The van der Waals surface area contributed by atoms with Gasteiger partial charge in [-0.05, 0) is 36.9 Å². The molecule has 1 aliphatic rings. The van der Waals surface area contributed by atoms with Gasteiger partial charge >= 0.3 is 0 Å². The van der Waals surface area contributed by atoms with Gasteiger partial charge in [0.25, 0.3) is 5.69 Å². The average molecular weight is 285 g/mol. The first kappa shape index (κ1) is 14.2. The molecule has 0 radical (unpaired) electrons. The Morgan fingerprint density at radius 3 is 3.00 bits per heavy atom. The van der Waals surface area contributed by atoms with Crippen LogP contribution in [0.4, 0.5) is 5.69 Å². The molecule has 1 saturated heterocycles. The van der Waals surface area contributed by atoms with Crippen LogP contribution in [-0.4, -0.2) is 34.6 Å². The van der Waals surface area contributed by atoms with Gasteiger partial charge < -0.3 is 5.11 Å². The van der Waals surface area contributed by atoms with Crippen LogP contribution >= 0.6 is 11.6 Å². The lowest BCUT2D eigenvalue weighted by Gasteiger charge is -2.16. The van der Waals surface area contributed by atoms with Crippen LogP contribution in [0.1, 0.15) is 18.4 Å². The Morgan fingerprint density at radius 1 is 1.53 bits per heavy atom. The summed E-state index contributed by atoms with van der Waals surface area (Å²) in [4.78, 5) is 12.6. The predicted molar refractivity (Wildman–Crippen MR) is 73.2 cm³/mol. The van der Waals surface area contributed by atoms with Gasteiger partial charge in [0.2, 0.25) is 0 Å². The van der Waals surface area contributed by atoms with Gasteiger partial charge in [0, 0.05) is 36.9 Å². The molecule has 6 heteroatoms. The molecule has 5 nitrogen and oxygen atoms in total. The Hall–Kier alpha value is -1.17. The molecular weight excluding hydrogens is 268 g/mol. The zero-order valence-corrected chi connectivity index (χ0v) is 11.3. The SMILES string of the molecule is O=[N+]([O-])c1ccc(Cl)c(CN2CCC(CCO)C2)c1. The molecule has 1 atom stereocenters. The molecular formula is C13H17ClN2O3. The summed E-state index contributed by atoms with van der Waals surface area (Å²) in [5.41, 5.74) is 0.867. The lowest BCUT2D eigenvalue weighted by molar-refractivity contribution is -0.384. The van der Waals surface area contributed by atoms with Crippen molar-refractivity contribution >= 4 is 17.3 Å². The number of likely N-dealkylation sites (tertiary alicyclic amines) is 1. The number of hydrogen-bond donors (Lipinski definition) is 1. The van der Waals surface area contributed by atoms with Crippen molar-refractivity contribution in [2.45, 2.75) is 19.4 Å². The number of nitro benzene ring substituents is 1. The lowest BCUT2D eigenvalue weighted by atomic mass is 10.1. The number of aliphatic hydroxyl groups is 1. The fourth-order valence-electron chi connectivity index (χ4n) is 2.51. The Morgan fingerprint density at radius 2 is 2.32 bits per heavy atom. The van der Waals surface area contributed by atoms with Gasteiger partial charge in [-0.1, -0.05) is 11.6 Å². The van der Waals surface area contributed by atoms with Crippen LogP contribution in [0.5, 0.6) is 0 Å². The maximum absolute atomic E-state index is 10.8. The molecule has 104 valence electrons. The molecule has 2 rings (SSSR count). The third-order valence-corrected chi connectivity index (χ3v) is 3.91. The van der Waals surface area contributed by atoms with Gasteiger partial charge in [-0.2, -0.15) is 0 Å². The summed E-state index contributed by atoms with van der Waals surface area (Å²) in [6, 6.07) is 4.54. The summed E-state index contributed by atoms with van der Waals surface area (Å²) in [5.74, 6) is 0.516. The zero-order chi connectivity index (χ0) is 13.8. The largest absolute Gasteiger partial charge is 0.396 e. The van der Waals surface area contributed by atoms with E-state index in [1.165, 1.54) is 6.07 Å². The number of nitrogens with zero attached hydrogens (tertiary/aromatic N) is 2. The van der Waals surface area contributed by atoms with E-state index in [1.54, 1.807) is 12.1 Å². The molecule has 1 aliphatic heterocycles. The van der Waals surface area contributed by atoms with Crippen molar-refractivity contribution in [3.63, 3.8) is 0 Å². The average Bonchev–Trinajstić information content (AvgIpc) is 2.80. The highest BCUT2D eigenvalue weighted by atomic mass is 35.5. The minimum Gasteiger partial charge on any atom is -0.396 e. The maximum Gasteiger partial charge on any atom is 0.269 e. The van der Waals surface area contributed by atoms with E-state index in [4.69, 9.17) is 16.7 Å². The Balaban J connectivity index is 2.03. The van der Waals surface area contributed by atoms with Crippen molar-refractivity contribution in [3.8, 4) is 0 Å². The highest BCUT2D eigenvalue weighted by molar-refractivity contribution is 6.31. The van der Waals surface area contributed by atoms with Crippen LogP contribution in [0.3, 0.4) is 0 Å². The molecule has 0 aromatic heterocycles. The van der Waals surface area contributed by atoms with E-state index < -0.39 is 4.92 Å². The van der Waals surface area contributed by atoms with E-state index in [-0.39, 0.29) is 12.3 Å². The quantitative estimate of drug-likeness (QED) is 0.666. The topological polar surface area (TPSA) is 66.6 Å². The number of halogens is 1. The van der Waals surface area contributed by atoms with Crippen molar-refractivity contribution in [2.75, 3.05) is 19.7 Å². The van der Waals surface area contributed by atoms with Gasteiger partial charge in [0.05, 0.1) is 4.92 Å². The molecule has 1 N–H and O–H groups in total. The van der Waals surface area contributed by atoms with Crippen molar-refractivity contribution in [2.24, 2.45) is 5.92 Å². The molecule has 0 amide bonds. The molecule has 1 fully saturated rings. The number of aliphatic hydroxyl groups excluding tert-OH is 1. The van der Waals surface area contributed by atoms with Crippen LogP contribution in [0.15, 0.2) is 18.2 Å². The number of rotatable bonds is 5. The van der Waals surface area contributed by atoms with Crippen LogP contribution in [-0.2, 0) is 6.54 Å². The number of benzene rings is 1. The summed E-state index contributed by atoms with van der Waals surface area (Å²) in [6.07, 6.45) is 1.88. The van der Waals surface area contributed by atoms with Gasteiger partial charge in [-0.25, -0.2) is 0 Å². The van der Waals surface area contributed by atoms with Crippen molar-refractivity contribution in [1.82, 2.24) is 4.90 Å². The zero-order valence-electron chi connectivity index (χ0n) is 10.6. The summed E-state index contributed by atoms with van der Waals surface area (Å²) in [5, 5.41) is 20.3. The molecule has 1 heterocycles. The van der Waals surface area contributed by atoms with Gasteiger partial charge in [0.1, 0.15) is 0 Å². The van der Waals surface area contributed by atoms with E-state index in [1.807, 2.05) is 0 Å². The second-order valence-electron chi connectivity index (χ2n) is 4.93. The fourth-order valence-corrected chi connectivity index (χ4v) is 2.69. The van der Waals surface area contributed by atoms with Gasteiger partial charge in [0.15, 0.2) is 0 Å². The molecule has 0 saturated carbocycles. The van der Waals surface area contributed by atoms with Crippen LogP contribution in [0.2, 0.25) is 5.02 Å². The van der Waals surface area contributed by atoms with E-state index >= 15 is 0 Å². The minimum atomic E-state index is -0.404. The smallest absolute Gasteiger partial charge is 0.269 e. The first-order valence-corrected chi connectivity index (χ1v) is 6.74. The molecule has 1 unspecified atom stereocenters. The van der Waals surface area contributed by atoms with Gasteiger partial charge in [-0.15, -0.1) is 0 Å². The fraction of sp³-hybridized carbons (Fsp3) is 0.538. The van der Waals surface area contributed by atoms with Crippen LogP contribution in [0, 0.1) is 16.0 Å². The lowest BCUT2D eigenvalue weighted by Crippen LogP contribution is -2.20. The molecule has 0 bridgehead atoms. The summed E-state index contributed by atoms with van der Waals surface area (Å²) >= 11 is 6.09. The predicted octanol–water partition coefficient (Wildman–Crippen LogP) is 2.45. The summed E-state index contributed by atoms with van der Waals surface area (Å²) in [7, 11) is 0. The van der Waals surface area contributed by atoms with Crippen LogP contribution in [0.25, 0.3) is 0 Å². The molecule has 1 aromatic rings. The standard InChI is InChI=1S/C13H17ClN2O3/c14-13-2-1-12(16(18)19)7-11(13)9-15-5-3-10(8-15)4-6-17/h1-2,7,10,17H,3-6,8-9H2. The van der Waals surface area contributed by atoms with E-state index in [9.17, 15) is 10.1 Å². The molecule has 0 spiro atoms. The maximum atomic E-state index is 10.8. The number of hydrogen-bond acceptors (Lipinski definition) is 4. The number of nitro groups is 1. The first-order valence-electron chi connectivity index (χ1n) is 6.36. The van der Waals surface area contributed by atoms with Gasteiger partial charge in [-0.3, -0.25) is 15.0 Å². The number of non-ortho nitro benzene ring substituents is 1. The minimum absolute atomic E-state index is 0.0745. The molecule has 0 aliphatic carbocycles. The highest BCUT2D eigenvalue weighted by Crippen LogP contribution is 2.26. The van der Waals surface area contributed by atoms with E-state index in [2.05, 4.69) is 4.90 Å². The Kier molecular flexibility index (Phi) is 4.74. The first-order chi connectivity index (χ1) is 9.10. The second-order valence-corrected chi connectivity index (χ2v) is 5.34. The van der Waals surface area contributed by atoms with Crippen molar-refractivity contribution < 1.29 is 10.0 Å². The third kappa shape index (κ3) is 3.65. The molecule has 19 heavy (non-hydrogen) atoms. The third-order valence-electron chi connectivity index (χ3n) is 3.54. The summed E-state index contributed by atoms with van der Waals surface area (Å²) < 4.78 is 0. The van der Waals surface area contributed by atoms with Crippen molar-refractivity contribution in [1.29, 1.82) is 0 Å². The highest BCUT2D eigenvalue weighted by Gasteiger charge is 2.23. The summed E-state index contributed by atoms with van der Waals surface area (Å²) in [6.45, 7) is 2.71. The second kappa shape index (κ2) is 6.32. The van der Waals surface area contributed by atoms with Crippen LogP contribution < -0.4 is 0 Å². The van der Waals surface area contributed by atoms with E-state index in [0.29, 0.717) is 17.5 Å².